The number of hydrogen-bond acceptors (Lipinski definition) is 6. The maximum atomic E-state index is 12.4. The summed E-state index contributed by atoms with van der Waals surface area (Å²) in [5.41, 5.74) is 1.26. The van der Waals surface area contributed by atoms with Crippen LogP contribution in [-0.4, -0.2) is 46.3 Å². The molecule has 8 nitrogen and oxygen atoms in total. The highest BCUT2D eigenvalue weighted by Crippen LogP contribution is 2.21. The van der Waals surface area contributed by atoms with Crippen LogP contribution < -0.4 is 14.4 Å². The molecule has 0 aliphatic rings. The van der Waals surface area contributed by atoms with Crippen LogP contribution >= 0.6 is 0 Å². The molecule has 9 heteroatoms. The Morgan fingerprint density at radius 3 is 2.38 bits per heavy atom. The zero-order chi connectivity index (χ0) is 21.6. The van der Waals surface area contributed by atoms with Crippen LogP contribution in [0.5, 0.6) is 5.75 Å². The number of ether oxygens (including phenoxy) is 2. The molecule has 0 fully saturated rings. The molecule has 0 bridgehead atoms. The van der Waals surface area contributed by atoms with E-state index in [0.717, 1.165) is 10.6 Å². The molecule has 0 saturated carbocycles. The fraction of sp³-hybridized carbons (Fsp3) is 0.300. The lowest BCUT2D eigenvalue weighted by molar-refractivity contribution is -0.122. The second-order valence-electron chi connectivity index (χ2n) is 6.27. The molecule has 0 spiro atoms. The quantitative estimate of drug-likeness (QED) is 0.659. The third kappa shape index (κ3) is 6.21. The number of anilines is 2. The number of sulfonamides is 1. The number of amides is 1. The van der Waals surface area contributed by atoms with Crippen molar-refractivity contribution in [3.05, 3.63) is 54.1 Å². The first-order chi connectivity index (χ1) is 13.6. The van der Waals surface area contributed by atoms with Gasteiger partial charge in [-0.25, -0.2) is 13.2 Å². The van der Waals surface area contributed by atoms with Gasteiger partial charge in [-0.3, -0.25) is 9.10 Å². The molecule has 0 radical (unpaired) electrons. The lowest BCUT2D eigenvalue weighted by Gasteiger charge is -2.18. The van der Waals surface area contributed by atoms with Crippen molar-refractivity contribution < 1.29 is 27.5 Å². The van der Waals surface area contributed by atoms with E-state index in [1.54, 1.807) is 56.3 Å². The SMILES string of the molecule is CCOC(=O)c1cccc(NC(=O)[C@H](C)Oc2ccc(N(C)S(C)(=O)=O)cc2)c1. The molecule has 0 heterocycles. The van der Waals surface area contributed by atoms with Crippen LogP contribution in [0.3, 0.4) is 0 Å². The minimum Gasteiger partial charge on any atom is -0.481 e. The molecular weight excluding hydrogens is 396 g/mol. The van der Waals surface area contributed by atoms with Gasteiger partial charge in [0.05, 0.1) is 24.1 Å². The largest absolute Gasteiger partial charge is 0.481 e. The van der Waals surface area contributed by atoms with Crippen LogP contribution in [0.15, 0.2) is 48.5 Å². The number of esters is 1. The third-order valence-corrected chi connectivity index (χ3v) is 5.23. The Balaban J connectivity index is 2.01. The van der Waals surface area contributed by atoms with Gasteiger partial charge in [-0.05, 0) is 56.3 Å². The molecule has 0 saturated heterocycles. The highest BCUT2D eigenvalue weighted by molar-refractivity contribution is 7.92. The molecule has 2 aromatic rings. The van der Waals surface area contributed by atoms with E-state index in [2.05, 4.69) is 5.32 Å². The van der Waals surface area contributed by atoms with Crippen molar-refractivity contribution in [3.63, 3.8) is 0 Å². The third-order valence-electron chi connectivity index (χ3n) is 4.02. The molecule has 1 atom stereocenters. The second kappa shape index (κ2) is 9.42. The van der Waals surface area contributed by atoms with Crippen LogP contribution in [-0.2, 0) is 19.6 Å². The summed E-state index contributed by atoms with van der Waals surface area (Å²) in [6.07, 6.45) is 0.292. The summed E-state index contributed by atoms with van der Waals surface area (Å²) in [5, 5.41) is 2.69. The summed E-state index contributed by atoms with van der Waals surface area (Å²) in [6, 6.07) is 12.8. The molecule has 2 rings (SSSR count). The van der Waals surface area contributed by atoms with Gasteiger partial charge in [0.1, 0.15) is 5.75 Å². The van der Waals surface area contributed by atoms with E-state index in [4.69, 9.17) is 9.47 Å². The van der Waals surface area contributed by atoms with Crippen molar-refractivity contribution in [3.8, 4) is 5.75 Å². The molecule has 0 aromatic heterocycles. The summed E-state index contributed by atoms with van der Waals surface area (Å²) < 4.78 is 34.8. The zero-order valence-electron chi connectivity index (χ0n) is 16.7. The Bertz CT molecular complexity index is 973. The normalized spacial score (nSPS) is 12.0. The maximum Gasteiger partial charge on any atom is 0.338 e. The number of rotatable bonds is 8. The first-order valence-corrected chi connectivity index (χ1v) is 10.8. The van der Waals surface area contributed by atoms with Crippen LogP contribution in [0.2, 0.25) is 0 Å². The van der Waals surface area contributed by atoms with E-state index in [0.29, 0.717) is 22.7 Å². The fourth-order valence-corrected chi connectivity index (χ4v) is 2.87. The highest BCUT2D eigenvalue weighted by Gasteiger charge is 2.17. The van der Waals surface area contributed by atoms with Gasteiger partial charge in [-0.15, -0.1) is 0 Å². The van der Waals surface area contributed by atoms with Crippen molar-refractivity contribution >= 4 is 33.3 Å². The Hall–Kier alpha value is -3.07. The Labute approximate surface area is 170 Å². The summed E-state index contributed by atoms with van der Waals surface area (Å²) in [5.74, 6) is -0.450. The van der Waals surface area contributed by atoms with Crippen molar-refractivity contribution in [1.82, 2.24) is 0 Å². The van der Waals surface area contributed by atoms with Gasteiger partial charge in [-0.2, -0.15) is 0 Å². The van der Waals surface area contributed by atoms with E-state index in [1.165, 1.54) is 13.1 Å². The topological polar surface area (TPSA) is 102 Å². The summed E-state index contributed by atoms with van der Waals surface area (Å²) in [6.45, 7) is 3.56. The van der Waals surface area contributed by atoms with Gasteiger partial charge in [0.15, 0.2) is 6.10 Å². The van der Waals surface area contributed by atoms with Crippen LogP contribution in [0.25, 0.3) is 0 Å². The summed E-state index contributed by atoms with van der Waals surface area (Å²) in [4.78, 5) is 24.2. The van der Waals surface area contributed by atoms with Crippen molar-refractivity contribution in [2.75, 3.05) is 29.5 Å². The zero-order valence-corrected chi connectivity index (χ0v) is 17.5. The lowest BCUT2D eigenvalue weighted by atomic mass is 10.2. The van der Waals surface area contributed by atoms with Crippen molar-refractivity contribution in [1.29, 1.82) is 0 Å². The van der Waals surface area contributed by atoms with E-state index in [9.17, 15) is 18.0 Å². The van der Waals surface area contributed by atoms with Gasteiger partial charge in [0.2, 0.25) is 10.0 Å². The van der Waals surface area contributed by atoms with Crippen molar-refractivity contribution in [2.24, 2.45) is 0 Å². The van der Waals surface area contributed by atoms with E-state index >= 15 is 0 Å². The van der Waals surface area contributed by atoms with Crippen LogP contribution in [0.4, 0.5) is 11.4 Å². The molecule has 29 heavy (non-hydrogen) atoms. The second-order valence-corrected chi connectivity index (χ2v) is 8.29. The fourth-order valence-electron chi connectivity index (χ4n) is 2.37. The van der Waals surface area contributed by atoms with Gasteiger partial charge < -0.3 is 14.8 Å². The number of nitrogens with zero attached hydrogens (tertiary/aromatic N) is 1. The minimum absolute atomic E-state index is 0.263. The number of benzene rings is 2. The number of hydrogen-bond donors (Lipinski definition) is 1. The van der Waals surface area contributed by atoms with E-state index in [1.807, 2.05) is 0 Å². The average molecular weight is 420 g/mol. The summed E-state index contributed by atoms with van der Waals surface area (Å²) >= 11 is 0. The predicted molar refractivity (Wildman–Crippen MR) is 111 cm³/mol. The molecule has 0 unspecified atom stereocenters. The minimum atomic E-state index is -3.36. The Morgan fingerprint density at radius 2 is 1.79 bits per heavy atom. The van der Waals surface area contributed by atoms with Gasteiger partial charge >= 0.3 is 5.97 Å². The van der Waals surface area contributed by atoms with Crippen LogP contribution in [0.1, 0.15) is 24.2 Å². The first-order valence-electron chi connectivity index (χ1n) is 8.90. The Morgan fingerprint density at radius 1 is 1.14 bits per heavy atom. The van der Waals surface area contributed by atoms with Crippen molar-refractivity contribution in [2.45, 2.75) is 20.0 Å². The van der Waals surface area contributed by atoms with Crippen LogP contribution in [0, 0.1) is 0 Å². The lowest BCUT2D eigenvalue weighted by Crippen LogP contribution is -2.30. The number of carbonyl (C=O) groups is 2. The molecule has 0 aliphatic heterocycles. The Kier molecular flexibility index (Phi) is 7.22. The highest BCUT2D eigenvalue weighted by atomic mass is 32.2. The smallest absolute Gasteiger partial charge is 0.338 e. The number of nitrogens with one attached hydrogen (secondary N) is 1. The van der Waals surface area contributed by atoms with E-state index in [-0.39, 0.29) is 6.61 Å². The standard InChI is InChI=1S/C20H24N2O6S/c1-5-27-20(24)15-7-6-8-16(13-15)21-19(23)14(2)28-18-11-9-17(10-12-18)22(3)29(4,25)26/h6-14H,5H2,1-4H3,(H,21,23)/t14-/m0/s1. The van der Waals surface area contributed by atoms with Gasteiger partial charge in [0.25, 0.3) is 5.91 Å². The molecule has 1 amide bonds. The van der Waals surface area contributed by atoms with E-state index < -0.39 is 28.0 Å². The predicted octanol–water partition coefficient (Wildman–Crippen LogP) is 2.67. The first kappa shape index (κ1) is 22.2. The number of carbonyl (C=O) groups excluding carboxylic acids is 2. The monoisotopic (exact) mass is 420 g/mol. The molecule has 1 N–H and O–H groups in total. The van der Waals surface area contributed by atoms with Gasteiger partial charge in [-0.1, -0.05) is 6.07 Å². The van der Waals surface area contributed by atoms with Gasteiger partial charge in [0, 0.05) is 12.7 Å². The average Bonchev–Trinajstić information content (AvgIpc) is 2.67. The molecule has 2 aromatic carbocycles. The molecule has 0 aliphatic carbocycles. The maximum absolute atomic E-state index is 12.4. The summed E-state index contributed by atoms with van der Waals surface area (Å²) in [7, 11) is -1.91. The molecular formula is C20H24N2O6S. The molecule has 156 valence electrons.